The molecule has 2 rings (SSSR count). The van der Waals surface area contributed by atoms with Crippen molar-refractivity contribution in [2.45, 2.75) is 36.9 Å². The van der Waals surface area contributed by atoms with Gasteiger partial charge in [0.25, 0.3) is 0 Å². The number of thioether (sulfide) groups is 1. The molecule has 2 unspecified atom stereocenters. The molecular formula is C10H14O3S. The SMILES string of the molecule is O=C(O)CC1CCCC12CC(=O)CS2. The van der Waals surface area contributed by atoms with Crippen molar-refractivity contribution < 1.29 is 14.7 Å². The maximum Gasteiger partial charge on any atom is 0.303 e. The molecule has 1 aliphatic carbocycles. The molecule has 0 radical (unpaired) electrons. The van der Waals surface area contributed by atoms with Gasteiger partial charge in [0.15, 0.2) is 0 Å². The zero-order valence-electron chi connectivity index (χ0n) is 7.99. The fourth-order valence-electron chi connectivity index (χ4n) is 2.70. The predicted molar refractivity (Wildman–Crippen MR) is 54.4 cm³/mol. The second-order valence-electron chi connectivity index (χ2n) is 4.26. The molecule has 3 nitrogen and oxygen atoms in total. The van der Waals surface area contributed by atoms with Gasteiger partial charge in [0.1, 0.15) is 5.78 Å². The van der Waals surface area contributed by atoms with E-state index in [0.29, 0.717) is 18.0 Å². The van der Waals surface area contributed by atoms with Gasteiger partial charge in [-0.15, -0.1) is 11.8 Å². The summed E-state index contributed by atoms with van der Waals surface area (Å²) in [6.07, 6.45) is 3.93. The van der Waals surface area contributed by atoms with Crippen LogP contribution in [0.1, 0.15) is 32.1 Å². The molecule has 14 heavy (non-hydrogen) atoms. The van der Waals surface area contributed by atoms with Gasteiger partial charge in [-0.2, -0.15) is 0 Å². The average molecular weight is 214 g/mol. The van der Waals surface area contributed by atoms with E-state index in [2.05, 4.69) is 0 Å². The number of rotatable bonds is 2. The number of hydrogen-bond acceptors (Lipinski definition) is 3. The Labute approximate surface area is 87.3 Å². The van der Waals surface area contributed by atoms with E-state index in [1.54, 1.807) is 11.8 Å². The van der Waals surface area contributed by atoms with Crippen LogP contribution in [0.2, 0.25) is 0 Å². The van der Waals surface area contributed by atoms with Crippen LogP contribution < -0.4 is 0 Å². The van der Waals surface area contributed by atoms with Gasteiger partial charge in [0.2, 0.25) is 0 Å². The monoisotopic (exact) mass is 214 g/mol. The van der Waals surface area contributed by atoms with Crippen molar-refractivity contribution in [3.8, 4) is 0 Å². The third-order valence-electron chi connectivity index (χ3n) is 3.33. The highest BCUT2D eigenvalue weighted by Crippen LogP contribution is 2.53. The molecule has 4 heteroatoms. The van der Waals surface area contributed by atoms with Crippen LogP contribution in [0, 0.1) is 5.92 Å². The van der Waals surface area contributed by atoms with E-state index in [1.165, 1.54) is 0 Å². The standard InChI is InChI=1S/C10H14O3S/c11-8-5-10(14-6-8)3-1-2-7(10)4-9(12)13/h7H,1-6H2,(H,12,13). The molecule has 0 aromatic heterocycles. The third-order valence-corrected chi connectivity index (χ3v) is 5.06. The first-order chi connectivity index (χ1) is 6.62. The van der Waals surface area contributed by atoms with Crippen LogP contribution in [0.4, 0.5) is 0 Å². The zero-order valence-corrected chi connectivity index (χ0v) is 8.81. The number of carboxylic acid groups (broad SMARTS) is 1. The van der Waals surface area contributed by atoms with Crippen molar-refractivity contribution in [3.63, 3.8) is 0 Å². The predicted octanol–water partition coefficient (Wildman–Crippen LogP) is 1.71. The normalized spacial score (nSPS) is 36.9. The van der Waals surface area contributed by atoms with Gasteiger partial charge >= 0.3 is 5.97 Å². The lowest BCUT2D eigenvalue weighted by Crippen LogP contribution is -2.29. The summed E-state index contributed by atoms with van der Waals surface area (Å²) in [6, 6.07) is 0. The quantitative estimate of drug-likeness (QED) is 0.760. The summed E-state index contributed by atoms with van der Waals surface area (Å²) in [5, 5.41) is 8.79. The number of carboxylic acids is 1. The fraction of sp³-hybridized carbons (Fsp3) is 0.800. The van der Waals surface area contributed by atoms with Gasteiger partial charge in [-0.3, -0.25) is 9.59 Å². The Morgan fingerprint density at radius 3 is 3.00 bits per heavy atom. The Morgan fingerprint density at radius 1 is 1.64 bits per heavy atom. The molecule has 1 saturated carbocycles. The first-order valence-electron chi connectivity index (χ1n) is 5.00. The lowest BCUT2D eigenvalue weighted by atomic mass is 9.88. The average Bonchev–Trinajstić information content (AvgIpc) is 2.62. The summed E-state index contributed by atoms with van der Waals surface area (Å²) >= 11 is 1.70. The minimum atomic E-state index is -0.726. The van der Waals surface area contributed by atoms with Crippen LogP contribution in [-0.4, -0.2) is 27.4 Å². The molecule has 0 aromatic carbocycles. The van der Waals surface area contributed by atoms with Gasteiger partial charge < -0.3 is 5.11 Å². The molecule has 1 heterocycles. The molecule has 1 spiro atoms. The van der Waals surface area contributed by atoms with E-state index in [1.807, 2.05) is 0 Å². The third kappa shape index (κ3) is 1.67. The number of Topliss-reactive ketones (excluding diaryl/α,β-unsaturated/α-hetero) is 1. The van der Waals surface area contributed by atoms with Crippen LogP contribution in [0.25, 0.3) is 0 Å². The minimum Gasteiger partial charge on any atom is -0.481 e. The van der Waals surface area contributed by atoms with Gasteiger partial charge in [-0.25, -0.2) is 0 Å². The van der Waals surface area contributed by atoms with Crippen molar-refractivity contribution in [1.82, 2.24) is 0 Å². The maximum absolute atomic E-state index is 11.3. The summed E-state index contributed by atoms with van der Waals surface area (Å²) in [4.78, 5) is 21.9. The lowest BCUT2D eigenvalue weighted by molar-refractivity contribution is -0.138. The zero-order chi connectivity index (χ0) is 10.2. The highest BCUT2D eigenvalue weighted by molar-refractivity contribution is 8.01. The van der Waals surface area contributed by atoms with Gasteiger partial charge in [0.05, 0.1) is 5.75 Å². The number of hydrogen-bond donors (Lipinski definition) is 1. The maximum atomic E-state index is 11.3. The highest BCUT2D eigenvalue weighted by Gasteiger charge is 2.48. The summed E-state index contributed by atoms with van der Waals surface area (Å²) in [5.41, 5.74) is 0. The molecule has 0 bridgehead atoms. The molecule has 2 fully saturated rings. The topological polar surface area (TPSA) is 54.4 Å². The molecule has 0 aromatic rings. The Kier molecular flexibility index (Phi) is 2.56. The molecule has 78 valence electrons. The molecule has 1 N–H and O–H groups in total. The minimum absolute atomic E-state index is 0.00449. The van der Waals surface area contributed by atoms with Crippen molar-refractivity contribution in [2.75, 3.05) is 5.75 Å². The number of carbonyl (C=O) groups excluding carboxylic acids is 1. The van der Waals surface area contributed by atoms with E-state index in [-0.39, 0.29) is 17.1 Å². The molecule has 0 amide bonds. The summed E-state index contributed by atoms with van der Waals surface area (Å²) in [5.74, 6) is 0.385. The number of ketones is 1. The van der Waals surface area contributed by atoms with E-state index in [9.17, 15) is 9.59 Å². The van der Waals surface area contributed by atoms with Crippen LogP contribution in [0.5, 0.6) is 0 Å². The van der Waals surface area contributed by atoms with Gasteiger partial charge in [-0.1, -0.05) is 6.42 Å². The van der Waals surface area contributed by atoms with Crippen LogP contribution >= 0.6 is 11.8 Å². The Hall–Kier alpha value is -0.510. The Balaban J connectivity index is 2.09. The molecule has 1 aliphatic heterocycles. The largest absolute Gasteiger partial charge is 0.481 e. The van der Waals surface area contributed by atoms with Crippen molar-refractivity contribution in [2.24, 2.45) is 5.92 Å². The summed E-state index contributed by atoms with van der Waals surface area (Å²) in [6.45, 7) is 0. The van der Waals surface area contributed by atoms with Crippen molar-refractivity contribution >= 4 is 23.5 Å². The Bertz CT molecular complexity index is 277. The van der Waals surface area contributed by atoms with Gasteiger partial charge in [0, 0.05) is 17.6 Å². The second kappa shape index (κ2) is 3.57. The number of carbonyl (C=O) groups is 2. The lowest BCUT2D eigenvalue weighted by Gasteiger charge is -2.28. The van der Waals surface area contributed by atoms with Crippen LogP contribution in [0.15, 0.2) is 0 Å². The van der Waals surface area contributed by atoms with Crippen LogP contribution in [-0.2, 0) is 9.59 Å². The summed E-state index contributed by atoms with van der Waals surface area (Å²) < 4.78 is -0.00449. The molecular weight excluding hydrogens is 200 g/mol. The van der Waals surface area contributed by atoms with E-state index >= 15 is 0 Å². The van der Waals surface area contributed by atoms with E-state index in [0.717, 1.165) is 19.3 Å². The summed E-state index contributed by atoms with van der Waals surface area (Å²) in [7, 11) is 0. The first-order valence-corrected chi connectivity index (χ1v) is 5.98. The van der Waals surface area contributed by atoms with Crippen LogP contribution in [0.3, 0.4) is 0 Å². The molecule has 1 saturated heterocycles. The number of aliphatic carboxylic acids is 1. The Morgan fingerprint density at radius 2 is 2.43 bits per heavy atom. The van der Waals surface area contributed by atoms with E-state index in [4.69, 9.17) is 5.11 Å². The molecule has 2 atom stereocenters. The fourth-order valence-corrected chi connectivity index (χ4v) is 4.24. The highest BCUT2D eigenvalue weighted by atomic mass is 32.2. The first kappa shape index (κ1) is 10.0. The van der Waals surface area contributed by atoms with E-state index < -0.39 is 5.97 Å². The molecule has 2 aliphatic rings. The van der Waals surface area contributed by atoms with Gasteiger partial charge in [-0.05, 0) is 18.8 Å². The smallest absolute Gasteiger partial charge is 0.303 e. The second-order valence-corrected chi connectivity index (χ2v) is 5.65. The van der Waals surface area contributed by atoms with Crippen molar-refractivity contribution in [3.05, 3.63) is 0 Å². The van der Waals surface area contributed by atoms with Crippen molar-refractivity contribution in [1.29, 1.82) is 0 Å².